The van der Waals surface area contributed by atoms with Crippen molar-refractivity contribution < 1.29 is 18.9 Å². The number of ether oxygens (including phenoxy) is 4. The summed E-state index contributed by atoms with van der Waals surface area (Å²) in [6, 6.07) is 13.9. The predicted molar refractivity (Wildman–Crippen MR) is 106 cm³/mol. The number of aromatic nitrogens is 2. The SMILES string of the molecule is COCCn1c(-c2ccc3c(c2)OCO3)cnc1NCc1cccc(OC)c1. The standard InChI is InChI=1S/C21H23N3O4/c1-25-9-8-24-18(16-6-7-19-20(11-16)28-14-27-19)13-23-21(24)22-12-15-4-3-5-17(10-15)26-2/h3-7,10-11,13H,8-9,12,14H2,1-2H3,(H,22,23). The van der Waals surface area contributed by atoms with E-state index in [1.54, 1.807) is 14.2 Å². The van der Waals surface area contributed by atoms with Crippen molar-refractivity contribution in [2.75, 3.05) is 32.9 Å². The summed E-state index contributed by atoms with van der Waals surface area (Å²) in [7, 11) is 3.36. The van der Waals surface area contributed by atoms with Gasteiger partial charge >= 0.3 is 0 Å². The van der Waals surface area contributed by atoms with Gasteiger partial charge in [0.25, 0.3) is 0 Å². The van der Waals surface area contributed by atoms with Crippen LogP contribution in [0, 0.1) is 0 Å². The maximum Gasteiger partial charge on any atom is 0.231 e. The Kier molecular flexibility index (Phi) is 5.34. The molecular weight excluding hydrogens is 358 g/mol. The average Bonchev–Trinajstić information content (AvgIpc) is 3.36. The fraction of sp³-hybridized carbons (Fsp3) is 0.286. The van der Waals surface area contributed by atoms with Crippen LogP contribution >= 0.6 is 0 Å². The molecule has 0 unspecified atom stereocenters. The third-order valence-corrected chi connectivity index (χ3v) is 4.63. The zero-order valence-electron chi connectivity index (χ0n) is 16.0. The molecule has 1 aromatic heterocycles. The van der Waals surface area contributed by atoms with Gasteiger partial charge in [0.05, 0.1) is 25.6 Å². The Hall–Kier alpha value is -3.19. The number of rotatable bonds is 8. The minimum atomic E-state index is 0.259. The van der Waals surface area contributed by atoms with Crippen molar-refractivity contribution in [3.05, 3.63) is 54.2 Å². The molecule has 0 aliphatic carbocycles. The number of hydrogen-bond donors (Lipinski definition) is 1. The molecule has 28 heavy (non-hydrogen) atoms. The smallest absolute Gasteiger partial charge is 0.231 e. The van der Waals surface area contributed by atoms with Gasteiger partial charge < -0.3 is 28.8 Å². The van der Waals surface area contributed by atoms with Crippen LogP contribution in [0.3, 0.4) is 0 Å². The third kappa shape index (κ3) is 3.75. The number of hydrogen-bond acceptors (Lipinski definition) is 6. The Morgan fingerprint density at radius 3 is 2.86 bits per heavy atom. The van der Waals surface area contributed by atoms with E-state index >= 15 is 0 Å². The van der Waals surface area contributed by atoms with E-state index in [0.29, 0.717) is 19.7 Å². The van der Waals surface area contributed by atoms with E-state index in [1.165, 1.54) is 0 Å². The first kappa shape index (κ1) is 18.2. The van der Waals surface area contributed by atoms with Crippen LogP contribution in [0.25, 0.3) is 11.3 Å². The molecule has 0 atom stereocenters. The lowest BCUT2D eigenvalue weighted by molar-refractivity contribution is 0.174. The molecule has 0 saturated heterocycles. The maximum atomic E-state index is 5.51. The van der Waals surface area contributed by atoms with Crippen LogP contribution in [0.2, 0.25) is 0 Å². The summed E-state index contributed by atoms with van der Waals surface area (Å²) in [6.45, 7) is 2.17. The van der Waals surface area contributed by atoms with Crippen molar-refractivity contribution in [2.45, 2.75) is 13.1 Å². The van der Waals surface area contributed by atoms with Gasteiger partial charge in [0, 0.05) is 25.8 Å². The number of fused-ring (bicyclic) bond motifs is 1. The van der Waals surface area contributed by atoms with Crippen molar-refractivity contribution >= 4 is 5.95 Å². The van der Waals surface area contributed by atoms with Crippen molar-refractivity contribution in [2.24, 2.45) is 0 Å². The summed E-state index contributed by atoms with van der Waals surface area (Å²) in [4.78, 5) is 4.59. The van der Waals surface area contributed by atoms with E-state index in [-0.39, 0.29) is 6.79 Å². The zero-order chi connectivity index (χ0) is 19.3. The minimum Gasteiger partial charge on any atom is -0.497 e. The summed E-state index contributed by atoms with van der Waals surface area (Å²) < 4.78 is 23.6. The lowest BCUT2D eigenvalue weighted by Crippen LogP contribution is -2.11. The van der Waals surface area contributed by atoms with Gasteiger partial charge in [0.1, 0.15) is 5.75 Å². The molecule has 0 saturated carbocycles. The Morgan fingerprint density at radius 1 is 1.11 bits per heavy atom. The Labute approximate surface area is 163 Å². The zero-order valence-corrected chi connectivity index (χ0v) is 16.0. The highest BCUT2D eigenvalue weighted by Gasteiger charge is 2.17. The Bertz CT molecular complexity index is 955. The second-order valence-electron chi connectivity index (χ2n) is 6.38. The molecule has 1 aliphatic rings. The van der Waals surface area contributed by atoms with E-state index < -0.39 is 0 Å². The molecule has 7 heteroatoms. The summed E-state index contributed by atoms with van der Waals surface area (Å²) in [5.41, 5.74) is 3.12. The van der Waals surface area contributed by atoms with Gasteiger partial charge in [-0.1, -0.05) is 12.1 Å². The van der Waals surface area contributed by atoms with E-state index in [4.69, 9.17) is 18.9 Å². The van der Waals surface area contributed by atoms with Crippen LogP contribution in [0.15, 0.2) is 48.7 Å². The van der Waals surface area contributed by atoms with Crippen molar-refractivity contribution in [1.82, 2.24) is 9.55 Å². The van der Waals surface area contributed by atoms with Gasteiger partial charge in [0.2, 0.25) is 12.7 Å². The van der Waals surface area contributed by atoms with Gasteiger partial charge in [-0.05, 0) is 35.9 Å². The highest BCUT2D eigenvalue weighted by atomic mass is 16.7. The molecule has 0 radical (unpaired) electrons. The monoisotopic (exact) mass is 381 g/mol. The normalized spacial score (nSPS) is 12.2. The quantitative estimate of drug-likeness (QED) is 0.644. The topological polar surface area (TPSA) is 66.8 Å². The number of methoxy groups -OCH3 is 2. The highest BCUT2D eigenvalue weighted by Crippen LogP contribution is 2.36. The summed E-state index contributed by atoms with van der Waals surface area (Å²) in [5.74, 6) is 3.14. The Morgan fingerprint density at radius 2 is 2.00 bits per heavy atom. The number of nitrogens with one attached hydrogen (secondary N) is 1. The van der Waals surface area contributed by atoms with Gasteiger partial charge in [-0.25, -0.2) is 4.98 Å². The Balaban J connectivity index is 1.59. The molecule has 2 aromatic carbocycles. The van der Waals surface area contributed by atoms with Crippen LogP contribution in [-0.4, -0.2) is 37.2 Å². The van der Waals surface area contributed by atoms with Crippen molar-refractivity contribution in [3.63, 3.8) is 0 Å². The fourth-order valence-corrected chi connectivity index (χ4v) is 3.18. The van der Waals surface area contributed by atoms with E-state index in [0.717, 1.165) is 40.0 Å². The lowest BCUT2D eigenvalue weighted by Gasteiger charge is -2.13. The molecule has 3 aromatic rings. The fourth-order valence-electron chi connectivity index (χ4n) is 3.18. The average molecular weight is 381 g/mol. The van der Waals surface area contributed by atoms with Gasteiger partial charge in [-0.3, -0.25) is 0 Å². The molecule has 4 rings (SSSR count). The first-order valence-corrected chi connectivity index (χ1v) is 9.10. The van der Waals surface area contributed by atoms with Crippen LogP contribution < -0.4 is 19.5 Å². The predicted octanol–water partition coefficient (Wildman–Crippen LogP) is 3.55. The van der Waals surface area contributed by atoms with E-state index in [1.807, 2.05) is 42.6 Å². The molecule has 7 nitrogen and oxygen atoms in total. The number of benzene rings is 2. The number of anilines is 1. The van der Waals surface area contributed by atoms with Crippen LogP contribution in [0.4, 0.5) is 5.95 Å². The molecule has 0 bridgehead atoms. The second kappa shape index (κ2) is 8.22. The molecular formula is C21H23N3O4. The van der Waals surface area contributed by atoms with E-state index in [9.17, 15) is 0 Å². The van der Waals surface area contributed by atoms with Gasteiger partial charge in [0.15, 0.2) is 11.5 Å². The number of imidazole rings is 1. The third-order valence-electron chi connectivity index (χ3n) is 4.63. The van der Waals surface area contributed by atoms with Crippen LogP contribution in [0.5, 0.6) is 17.2 Å². The highest BCUT2D eigenvalue weighted by molar-refractivity contribution is 5.66. The first-order valence-electron chi connectivity index (χ1n) is 9.10. The van der Waals surface area contributed by atoms with Gasteiger partial charge in [-0.15, -0.1) is 0 Å². The largest absolute Gasteiger partial charge is 0.497 e. The van der Waals surface area contributed by atoms with Crippen LogP contribution in [0.1, 0.15) is 5.56 Å². The van der Waals surface area contributed by atoms with Crippen LogP contribution in [-0.2, 0) is 17.8 Å². The van der Waals surface area contributed by atoms with Crippen molar-refractivity contribution in [1.29, 1.82) is 0 Å². The molecule has 2 heterocycles. The summed E-state index contributed by atoms with van der Waals surface area (Å²) >= 11 is 0. The molecule has 1 aliphatic heterocycles. The summed E-state index contributed by atoms with van der Waals surface area (Å²) in [6.07, 6.45) is 1.86. The molecule has 0 spiro atoms. The second-order valence-corrected chi connectivity index (χ2v) is 6.38. The molecule has 0 amide bonds. The molecule has 1 N–H and O–H groups in total. The maximum absolute atomic E-state index is 5.51. The van der Waals surface area contributed by atoms with Crippen molar-refractivity contribution in [3.8, 4) is 28.5 Å². The minimum absolute atomic E-state index is 0.259. The first-order chi connectivity index (χ1) is 13.8. The van der Waals surface area contributed by atoms with E-state index in [2.05, 4.69) is 20.9 Å². The van der Waals surface area contributed by atoms with Gasteiger partial charge in [-0.2, -0.15) is 0 Å². The number of nitrogens with zero attached hydrogens (tertiary/aromatic N) is 2. The molecule has 146 valence electrons. The lowest BCUT2D eigenvalue weighted by atomic mass is 10.1. The molecule has 0 fully saturated rings. The summed E-state index contributed by atoms with van der Waals surface area (Å²) in [5, 5.41) is 3.42.